The second-order valence-electron chi connectivity index (χ2n) is 16.9. The van der Waals surface area contributed by atoms with Gasteiger partial charge in [0, 0.05) is 67.5 Å². The number of halogens is 1. The highest BCUT2D eigenvalue weighted by atomic mass is 35.5. The Balaban J connectivity index is 0.966. The first-order valence-corrected chi connectivity index (χ1v) is 24.0. The van der Waals surface area contributed by atoms with Crippen molar-refractivity contribution >= 4 is 52.1 Å². The van der Waals surface area contributed by atoms with E-state index in [0.717, 1.165) is 86.3 Å². The Hall–Kier alpha value is -5.21. The monoisotopic (exact) mass is 967 g/mol. The fourth-order valence-corrected chi connectivity index (χ4v) is 7.09. The van der Waals surface area contributed by atoms with Crippen molar-refractivity contribution in [2.75, 3.05) is 129 Å². The maximum absolute atomic E-state index is 13.6. The average Bonchev–Trinajstić information content (AvgIpc) is 3.77. The van der Waals surface area contributed by atoms with Crippen molar-refractivity contribution < 1.29 is 52.3 Å². The van der Waals surface area contributed by atoms with Crippen molar-refractivity contribution in [2.24, 2.45) is 0 Å². The van der Waals surface area contributed by atoms with Crippen molar-refractivity contribution in [1.82, 2.24) is 25.3 Å². The molecule has 2 heterocycles. The fourth-order valence-electron chi connectivity index (χ4n) is 6.90. The number of alkyl halides is 1. The molecule has 0 spiro atoms. The number of nitrogens with one attached hydrogen (secondary N) is 4. The SMILES string of the molecule is CC(C)(C)c1cc(NC(=O)Nc2ccc(OCCN3CCOCC3)c3ccccc23)n(-c2cccc(CNC(=O)OCCOCCOCCOC(=O)NCCOCCOCCCCCCCl)c2)n1. The second-order valence-corrected chi connectivity index (χ2v) is 17.3. The molecule has 1 aromatic heterocycles. The molecule has 0 atom stereocenters. The summed E-state index contributed by atoms with van der Waals surface area (Å²) >= 11 is 5.67. The predicted molar refractivity (Wildman–Crippen MR) is 262 cm³/mol. The van der Waals surface area contributed by atoms with Crippen molar-refractivity contribution in [3.05, 3.63) is 78.0 Å². The number of benzene rings is 3. The standard InChI is InChI=1S/C49H70ClN7O11/c1-49(2,3)44-36-45(54-46(58)53-42-15-16-43(41-14-7-6-13-40(41)42)66-26-21-56-19-24-63-25-20-56)57(55-44)39-12-10-11-38(35-39)37-52-48(60)68-34-32-65-30-29-64-31-33-67-47(59)51-18-23-62-28-27-61-22-9-5-4-8-17-50/h6-7,10-16,35-36H,4-5,8-9,17-34,37H2,1-3H3,(H,51,59)(H,52,60)(H2,53,54,58). The second kappa shape index (κ2) is 30.3. The van der Waals surface area contributed by atoms with E-state index < -0.39 is 18.2 Å². The van der Waals surface area contributed by atoms with E-state index in [1.807, 2.05) is 66.7 Å². The van der Waals surface area contributed by atoms with Crippen LogP contribution in [0, 0.1) is 0 Å². The Kier molecular flexibility index (Phi) is 24.0. The minimum absolute atomic E-state index is 0.0460. The van der Waals surface area contributed by atoms with Gasteiger partial charge in [0.25, 0.3) is 0 Å². The summed E-state index contributed by atoms with van der Waals surface area (Å²) in [6.07, 6.45) is 3.15. The minimum atomic E-state index is -0.598. The van der Waals surface area contributed by atoms with Crippen LogP contribution >= 0.6 is 11.6 Å². The van der Waals surface area contributed by atoms with Gasteiger partial charge in [-0.3, -0.25) is 10.2 Å². The number of carbonyl (C=O) groups excluding carboxylic acids is 3. The number of carbonyl (C=O) groups is 3. The summed E-state index contributed by atoms with van der Waals surface area (Å²) in [7, 11) is 0. The molecule has 1 aliphatic rings. The highest BCUT2D eigenvalue weighted by molar-refractivity contribution is 6.17. The van der Waals surface area contributed by atoms with Crippen molar-refractivity contribution in [3.8, 4) is 11.4 Å². The molecule has 3 aromatic carbocycles. The van der Waals surface area contributed by atoms with Crippen LogP contribution in [0.15, 0.2) is 66.7 Å². The van der Waals surface area contributed by atoms with Crippen LogP contribution in [0.4, 0.5) is 25.9 Å². The third kappa shape index (κ3) is 19.8. The van der Waals surface area contributed by atoms with Crippen LogP contribution in [0.3, 0.4) is 0 Å². The van der Waals surface area contributed by atoms with Gasteiger partial charge in [-0.1, -0.05) is 70.0 Å². The third-order valence-electron chi connectivity index (χ3n) is 10.6. The largest absolute Gasteiger partial charge is 0.492 e. The van der Waals surface area contributed by atoms with E-state index in [-0.39, 0.29) is 51.6 Å². The summed E-state index contributed by atoms with van der Waals surface area (Å²) in [4.78, 5) is 40.3. The maximum atomic E-state index is 13.6. The number of amides is 4. The molecule has 4 amide bonds. The summed E-state index contributed by atoms with van der Waals surface area (Å²) in [5, 5.41) is 18.0. The molecular formula is C49H70ClN7O11. The molecule has 1 fully saturated rings. The first kappa shape index (κ1) is 53.7. The van der Waals surface area contributed by atoms with E-state index in [1.54, 1.807) is 4.68 Å². The van der Waals surface area contributed by atoms with Gasteiger partial charge in [0.2, 0.25) is 0 Å². The number of fused-ring (bicyclic) bond motifs is 1. The number of rotatable bonds is 30. The van der Waals surface area contributed by atoms with E-state index in [0.29, 0.717) is 62.7 Å². The zero-order valence-electron chi connectivity index (χ0n) is 39.8. The van der Waals surface area contributed by atoms with E-state index in [1.165, 1.54) is 0 Å². The minimum Gasteiger partial charge on any atom is -0.492 e. The zero-order valence-corrected chi connectivity index (χ0v) is 40.6. The molecule has 0 unspecified atom stereocenters. The molecule has 4 N–H and O–H groups in total. The molecule has 68 heavy (non-hydrogen) atoms. The number of nitrogens with zero attached hydrogens (tertiary/aromatic N) is 3. The number of ether oxygens (including phenoxy) is 8. The normalized spacial score (nSPS) is 13.0. The van der Waals surface area contributed by atoms with Crippen LogP contribution in [0.2, 0.25) is 0 Å². The Labute approximate surface area is 404 Å². The molecule has 1 aliphatic heterocycles. The van der Waals surface area contributed by atoms with Crippen molar-refractivity contribution in [2.45, 2.75) is 58.4 Å². The Morgan fingerprint density at radius 2 is 1.35 bits per heavy atom. The highest BCUT2D eigenvalue weighted by Gasteiger charge is 2.22. The van der Waals surface area contributed by atoms with E-state index in [9.17, 15) is 14.4 Å². The van der Waals surface area contributed by atoms with Crippen molar-refractivity contribution in [3.63, 3.8) is 0 Å². The number of aromatic nitrogens is 2. The molecular weight excluding hydrogens is 898 g/mol. The predicted octanol–water partition coefficient (Wildman–Crippen LogP) is 7.50. The molecule has 5 rings (SSSR count). The number of unbranched alkanes of at least 4 members (excludes halogenated alkanes) is 3. The number of urea groups is 1. The topological polar surface area (TPSA) is 194 Å². The fraction of sp³-hybridized carbons (Fsp3) is 0.551. The first-order valence-electron chi connectivity index (χ1n) is 23.5. The van der Waals surface area contributed by atoms with Gasteiger partial charge in [-0.2, -0.15) is 5.10 Å². The lowest BCUT2D eigenvalue weighted by molar-refractivity contribution is 0.0151. The number of hydrogen-bond donors (Lipinski definition) is 4. The van der Waals surface area contributed by atoms with Crippen LogP contribution in [0.25, 0.3) is 16.5 Å². The lowest BCUT2D eigenvalue weighted by Gasteiger charge is -2.26. The molecule has 0 radical (unpaired) electrons. The molecule has 1 saturated heterocycles. The smallest absolute Gasteiger partial charge is 0.407 e. The Bertz CT molecular complexity index is 2110. The Morgan fingerprint density at radius 1 is 0.691 bits per heavy atom. The lowest BCUT2D eigenvalue weighted by Crippen LogP contribution is -2.38. The summed E-state index contributed by atoms with van der Waals surface area (Å²) < 4.78 is 45.6. The van der Waals surface area contributed by atoms with Crippen LogP contribution in [0.5, 0.6) is 5.75 Å². The summed E-state index contributed by atoms with van der Waals surface area (Å²) in [5.74, 6) is 1.93. The molecule has 374 valence electrons. The Morgan fingerprint density at radius 3 is 2.07 bits per heavy atom. The average molecular weight is 969 g/mol. The number of hydrogen-bond acceptors (Lipinski definition) is 13. The summed E-state index contributed by atoms with van der Waals surface area (Å²) in [6.45, 7) is 14.4. The van der Waals surface area contributed by atoms with Gasteiger partial charge in [-0.25, -0.2) is 19.1 Å². The van der Waals surface area contributed by atoms with Crippen molar-refractivity contribution in [1.29, 1.82) is 0 Å². The van der Waals surface area contributed by atoms with Gasteiger partial charge < -0.3 is 53.8 Å². The first-order chi connectivity index (χ1) is 33.1. The van der Waals surface area contributed by atoms with E-state index in [2.05, 4.69) is 46.9 Å². The van der Waals surface area contributed by atoms with Gasteiger partial charge in [0.1, 0.15) is 31.4 Å². The van der Waals surface area contributed by atoms with Gasteiger partial charge in [0.05, 0.1) is 76.5 Å². The molecule has 0 saturated carbocycles. The molecule has 4 aromatic rings. The highest BCUT2D eigenvalue weighted by Crippen LogP contribution is 2.32. The number of alkyl carbamates (subject to hydrolysis) is 2. The molecule has 0 bridgehead atoms. The zero-order chi connectivity index (χ0) is 48.2. The van der Waals surface area contributed by atoms with Gasteiger partial charge in [-0.15, -0.1) is 11.6 Å². The summed E-state index contributed by atoms with van der Waals surface area (Å²) in [5.41, 5.74) is 2.60. The van der Waals surface area contributed by atoms with E-state index >= 15 is 0 Å². The van der Waals surface area contributed by atoms with E-state index in [4.69, 9.17) is 54.6 Å². The van der Waals surface area contributed by atoms with Crippen LogP contribution < -0.4 is 26.0 Å². The number of morpholine rings is 1. The van der Waals surface area contributed by atoms with Gasteiger partial charge >= 0.3 is 18.2 Å². The molecule has 19 heteroatoms. The maximum Gasteiger partial charge on any atom is 0.407 e. The van der Waals surface area contributed by atoms with Gasteiger partial charge in [0.15, 0.2) is 0 Å². The quantitative estimate of drug-likeness (QED) is 0.0297. The van der Waals surface area contributed by atoms with Gasteiger partial charge in [-0.05, 0) is 42.7 Å². The third-order valence-corrected chi connectivity index (χ3v) is 10.8. The lowest BCUT2D eigenvalue weighted by atomic mass is 9.92. The van der Waals surface area contributed by atoms with Crippen LogP contribution in [0.1, 0.15) is 57.7 Å². The molecule has 0 aliphatic carbocycles. The van der Waals surface area contributed by atoms with Crippen LogP contribution in [-0.4, -0.2) is 151 Å². The number of anilines is 2. The van der Waals surface area contributed by atoms with Crippen LogP contribution in [-0.2, 0) is 45.1 Å². The molecule has 18 nitrogen and oxygen atoms in total. The summed E-state index contributed by atoms with van der Waals surface area (Å²) in [6, 6.07) is 20.5.